The molecular formula is C20H17F5N6O3. The van der Waals surface area contributed by atoms with E-state index in [1.807, 2.05) is 5.32 Å². The van der Waals surface area contributed by atoms with Crippen LogP contribution >= 0.6 is 0 Å². The second-order valence-corrected chi connectivity index (χ2v) is 7.56. The zero-order valence-electron chi connectivity index (χ0n) is 17.3. The van der Waals surface area contributed by atoms with Gasteiger partial charge in [-0.25, -0.2) is 8.78 Å². The molecule has 0 spiro atoms. The first kappa shape index (κ1) is 24.6. The first-order valence-electron chi connectivity index (χ1n) is 9.69. The molecule has 1 aliphatic heterocycles. The topological polar surface area (TPSA) is 134 Å². The van der Waals surface area contributed by atoms with Gasteiger partial charge in [0.05, 0.1) is 31.3 Å². The minimum absolute atomic E-state index is 0.125. The third-order valence-electron chi connectivity index (χ3n) is 4.97. The van der Waals surface area contributed by atoms with Crippen LogP contribution in [0.3, 0.4) is 0 Å². The maximum Gasteiger partial charge on any atom is 0.435 e. The second-order valence-electron chi connectivity index (χ2n) is 7.56. The smallest absolute Gasteiger partial charge is 0.366 e. The molecule has 1 fully saturated rings. The lowest BCUT2D eigenvalue weighted by atomic mass is 10.1. The summed E-state index contributed by atoms with van der Waals surface area (Å²) in [6.07, 6.45) is -5.08. The van der Waals surface area contributed by atoms with E-state index in [0.717, 1.165) is 10.9 Å². The number of amides is 3. The van der Waals surface area contributed by atoms with Crippen LogP contribution in [0.25, 0.3) is 0 Å². The largest absolute Gasteiger partial charge is 0.435 e. The molecule has 2 heterocycles. The summed E-state index contributed by atoms with van der Waals surface area (Å²) in [4.78, 5) is 36.5. The molecule has 1 aromatic heterocycles. The summed E-state index contributed by atoms with van der Waals surface area (Å²) in [7, 11) is 0. The predicted molar refractivity (Wildman–Crippen MR) is 104 cm³/mol. The van der Waals surface area contributed by atoms with Gasteiger partial charge in [-0.3, -0.25) is 19.1 Å². The minimum atomic E-state index is -5.01. The van der Waals surface area contributed by atoms with Crippen molar-refractivity contribution in [2.75, 3.05) is 13.1 Å². The van der Waals surface area contributed by atoms with E-state index in [4.69, 9.17) is 11.0 Å². The molecule has 14 heteroatoms. The Morgan fingerprint density at radius 2 is 2.00 bits per heavy atom. The molecule has 0 aliphatic carbocycles. The minimum Gasteiger partial charge on any atom is -0.366 e. The molecule has 9 nitrogen and oxygen atoms in total. The van der Waals surface area contributed by atoms with Crippen molar-refractivity contribution < 1.29 is 36.3 Å². The van der Waals surface area contributed by atoms with Crippen LogP contribution in [0.1, 0.15) is 38.4 Å². The van der Waals surface area contributed by atoms with Gasteiger partial charge in [-0.05, 0) is 17.7 Å². The summed E-state index contributed by atoms with van der Waals surface area (Å²) >= 11 is 0. The summed E-state index contributed by atoms with van der Waals surface area (Å²) in [6.45, 7) is -2.16. The number of rotatable bonds is 6. The molecule has 34 heavy (non-hydrogen) atoms. The summed E-state index contributed by atoms with van der Waals surface area (Å²) in [6, 6.07) is 5.90. The van der Waals surface area contributed by atoms with E-state index in [2.05, 4.69) is 5.10 Å². The normalized spacial score (nSPS) is 17.3. The van der Waals surface area contributed by atoms with Crippen LogP contribution in [0.4, 0.5) is 22.0 Å². The molecule has 0 radical (unpaired) electrons. The van der Waals surface area contributed by atoms with Crippen molar-refractivity contribution in [3.63, 3.8) is 0 Å². The monoisotopic (exact) mass is 484 g/mol. The number of primary amides is 1. The number of nitrogens with two attached hydrogens (primary N) is 1. The molecule has 0 bridgehead atoms. The summed E-state index contributed by atoms with van der Waals surface area (Å²) in [5, 5.41) is 14.3. The number of carbonyl (C=O) groups is 3. The van der Waals surface area contributed by atoms with Crippen LogP contribution in [-0.2, 0) is 17.5 Å². The lowest BCUT2D eigenvalue weighted by Crippen LogP contribution is -2.43. The fourth-order valence-corrected chi connectivity index (χ4v) is 3.43. The summed E-state index contributed by atoms with van der Waals surface area (Å²) < 4.78 is 68.2. The maximum atomic E-state index is 13.5. The third kappa shape index (κ3) is 5.48. The Kier molecular flexibility index (Phi) is 6.58. The SMILES string of the molecule is N#C[C@@H]1CC(F)(F)CN1C(=O)CNC(=O)c1cn(Cc2cccc(C(N)=O)c2)nc1C(F)(F)F. The Hall–Kier alpha value is -4.02. The van der Waals surface area contributed by atoms with Gasteiger partial charge in [-0.2, -0.15) is 23.5 Å². The number of nitrogens with one attached hydrogen (secondary N) is 1. The summed E-state index contributed by atoms with van der Waals surface area (Å²) in [5.41, 5.74) is 3.27. The number of nitrogens with zero attached hydrogens (tertiary/aromatic N) is 4. The van der Waals surface area contributed by atoms with Gasteiger partial charge in [0.1, 0.15) is 6.04 Å². The van der Waals surface area contributed by atoms with Crippen molar-refractivity contribution in [1.29, 1.82) is 5.26 Å². The highest BCUT2D eigenvalue weighted by atomic mass is 19.4. The number of nitriles is 1. The average Bonchev–Trinajstić information content (AvgIpc) is 3.32. The molecule has 1 aromatic carbocycles. The number of benzene rings is 1. The zero-order chi connectivity index (χ0) is 25.3. The van der Waals surface area contributed by atoms with Crippen molar-refractivity contribution in [3.05, 3.63) is 52.8 Å². The fraction of sp³-hybridized carbons (Fsp3) is 0.350. The lowest BCUT2D eigenvalue weighted by Gasteiger charge is -2.19. The van der Waals surface area contributed by atoms with Crippen molar-refractivity contribution >= 4 is 17.7 Å². The predicted octanol–water partition coefficient (Wildman–Crippen LogP) is 1.54. The molecule has 3 amide bonds. The van der Waals surface area contributed by atoms with E-state index in [9.17, 15) is 36.3 Å². The first-order chi connectivity index (χ1) is 15.8. The summed E-state index contributed by atoms with van der Waals surface area (Å²) in [5.74, 6) is -6.37. The van der Waals surface area contributed by atoms with Crippen LogP contribution in [0.5, 0.6) is 0 Å². The number of hydrogen-bond acceptors (Lipinski definition) is 5. The van der Waals surface area contributed by atoms with Crippen LogP contribution in [0, 0.1) is 11.3 Å². The van der Waals surface area contributed by atoms with E-state index in [-0.39, 0.29) is 12.1 Å². The van der Waals surface area contributed by atoms with Gasteiger partial charge in [0.15, 0.2) is 5.69 Å². The van der Waals surface area contributed by atoms with E-state index < -0.39 is 66.6 Å². The number of aromatic nitrogens is 2. The van der Waals surface area contributed by atoms with Crippen molar-refractivity contribution in [2.24, 2.45) is 5.73 Å². The van der Waals surface area contributed by atoms with Crippen LogP contribution in [-0.4, -0.2) is 57.5 Å². The first-order valence-corrected chi connectivity index (χ1v) is 9.69. The van der Waals surface area contributed by atoms with Crippen molar-refractivity contribution in [1.82, 2.24) is 20.0 Å². The van der Waals surface area contributed by atoms with Gasteiger partial charge in [0.2, 0.25) is 11.8 Å². The molecule has 0 unspecified atom stereocenters. The molecular weight excluding hydrogens is 467 g/mol. The van der Waals surface area contributed by atoms with Gasteiger partial charge < -0.3 is 16.0 Å². The molecule has 3 rings (SSSR count). The Morgan fingerprint density at radius 1 is 1.29 bits per heavy atom. The molecule has 1 atom stereocenters. The quantitative estimate of drug-likeness (QED) is 0.600. The van der Waals surface area contributed by atoms with E-state index in [0.29, 0.717) is 10.5 Å². The Morgan fingerprint density at radius 3 is 2.62 bits per heavy atom. The second kappa shape index (κ2) is 9.08. The number of likely N-dealkylation sites (tertiary alicyclic amines) is 1. The molecule has 3 N–H and O–H groups in total. The van der Waals surface area contributed by atoms with E-state index >= 15 is 0 Å². The van der Waals surface area contributed by atoms with Gasteiger partial charge in [0.25, 0.3) is 11.8 Å². The van der Waals surface area contributed by atoms with E-state index in [1.165, 1.54) is 24.3 Å². The Bertz CT molecular complexity index is 1170. The Balaban J connectivity index is 1.76. The number of carbonyl (C=O) groups excluding carboxylic acids is 3. The standard InChI is InChI=1S/C20H17F5N6O3/c21-19(22)5-13(6-26)31(10-19)15(32)7-28-18(34)14-9-30(29-16(14)20(23,24)25)8-11-2-1-3-12(4-11)17(27)33/h1-4,9,13H,5,7-8,10H2,(H2,27,33)(H,28,34)/t13-/m0/s1. The van der Waals surface area contributed by atoms with Gasteiger partial charge >= 0.3 is 6.18 Å². The number of hydrogen-bond donors (Lipinski definition) is 2. The maximum absolute atomic E-state index is 13.5. The van der Waals surface area contributed by atoms with Crippen LogP contribution in [0.2, 0.25) is 0 Å². The molecule has 0 saturated carbocycles. The highest BCUT2D eigenvalue weighted by Gasteiger charge is 2.47. The zero-order valence-corrected chi connectivity index (χ0v) is 17.3. The van der Waals surface area contributed by atoms with Gasteiger partial charge in [-0.15, -0.1) is 0 Å². The molecule has 2 aromatic rings. The number of alkyl halides is 5. The number of halogens is 5. The molecule has 1 aliphatic rings. The lowest BCUT2D eigenvalue weighted by molar-refractivity contribution is -0.141. The highest BCUT2D eigenvalue weighted by molar-refractivity contribution is 5.97. The fourth-order valence-electron chi connectivity index (χ4n) is 3.43. The van der Waals surface area contributed by atoms with Gasteiger partial charge in [0, 0.05) is 18.2 Å². The Labute approximate surface area is 188 Å². The average molecular weight is 484 g/mol. The van der Waals surface area contributed by atoms with Crippen LogP contribution < -0.4 is 11.1 Å². The molecule has 1 saturated heterocycles. The van der Waals surface area contributed by atoms with Crippen molar-refractivity contribution in [2.45, 2.75) is 31.1 Å². The third-order valence-corrected chi connectivity index (χ3v) is 4.97. The molecule has 180 valence electrons. The van der Waals surface area contributed by atoms with Gasteiger partial charge in [-0.1, -0.05) is 12.1 Å². The van der Waals surface area contributed by atoms with Crippen molar-refractivity contribution in [3.8, 4) is 6.07 Å². The highest BCUT2D eigenvalue weighted by Crippen LogP contribution is 2.32. The van der Waals surface area contributed by atoms with Crippen LogP contribution in [0.15, 0.2) is 30.5 Å². The van der Waals surface area contributed by atoms with E-state index in [1.54, 1.807) is 6.07 Å².